The number of rotatable bonds is 7. The highest BCUT2D eigenvalue weighted by Gasteiger charge is 2.15. The lowest BCUT2D eigenvalue weighted by Gasteiger charge is -2.27. The SMILES string of the molecule is COc1ccc(S(C)(C)C)cc1NC(=O)Nc1ccc2[nH]cc(CCN3CCOCC3)c2c1. The molecule has 2 aromatic carbocycles. The molecule has 33 heavy (non-hydrogen) atoms. The molecule has 4 rings (SSSR count). The molecular weight excluding hydrogens is 436 g/mol. The van der Waals surface area contributed by atoms with E-state index in [-0.39, 0.29) is 6.03 Å². The third kappa shape index (κ3) is 5.82. The van der Waals surface area contributed by atoms with Gasteiger partial charge in [0, 0.05) is 42.4 Å². The van der Waals surface area contributed by atoms with Crippen LogP contribution in [0.1, 0.15) is 5.56 Å². The Morgan fingerprint density at radius 2 is 1.91 bits per heavy atom. The number of amides is 2. The number of fused-ring (bicyclic) bond motifs is 1. The van der Waals surface area contributed by atoms with Crippen LogP contribution in [0.25, 0.3) is 10.9 Å². The molecule has 3 aromatic rings. The first-order chi connectivity index (χ1) is 15.8. The maximum Gasteiger partial charge on any atom is 0.323 e. The van der Waals surface area contributed by atoms with Gasteiger partial charge in [-0.25, -0.2) is 14.8 Å². The molecule has 1 aliphatic heterocycles. The predicted octanol–water partition coefficient (Wildman–Crippen LogP) is 4.75. The number of nitrogens with one attached hydrogen (secondary N) is 3. The summed E-state index contributed by atoms with van der Waals surface area (Å²) < 4.78 is 10.9. The van der Waals surface area contributed by atoms with E-state index < -0.39 is 10.0 Å². The second-order valence-corrected chi connectivity index (χ2v) is 13.2. The zero-order valence-corrected chi connectivity index (χ0v) is 20.7. The van der Waals surface area contributed by atoms with Crippen LogP contribution in [0.3, 0.4) is 0 Å². The third-order valence-electron chi connectivity index (χ3n) is 5.95. The fraction of sp³-hybridized carbons (Fsp3) is 0.400. The van der Waals surface area contributed by atoms with Crippen molar-refractivity contribution in [2.75, 3.05) is 69.4 Å². The summed E-state index contributed by atoms with van der Waals surface area (Å²) in [4.78, 5) is 19.8. The fourth-order valence-corrected chi connectivity index (χ4v) is 4.96. The normalized spacial score (nSPS) is 15.4. The minimum absolute atomic E-state index is 0.292. The van der Waals surface area contributed by atoms with Crippen LogP contribution in [-0.4, -0.2) is 74.6 Å². The number of methoxy groups -OCH3 is 1. The Kier molecular flexibility index (Phi) is 7.17. The molecule has 1 fully saturated rings. The van der Waals surface area contributed by atoms with E-state index in [0.29, 0.717) is 11.4 Å². The summed E-state index contributed by atoms with van der Waals surface area (Å²) in [5, 5.41) is 7.07. The lowest BCUT2D eigenvalue weighted by Crippen LogP contribution is -2.37. The molecule has 0 spiro atoms. The van der Waals surface area contributed by atoms with Crippen molar-refractivity contribution >= 4 is 38.3 Å². The van der Waals surface area contributed by atoms with Gasteiger partial charge in [0.25, 0.3) is 0 Å². The lowest BCUT2D eigenvalue weighted by molar-refractivity contribution is 0.0385. The number of urea groups is 1. The van der Waals surface area contributed by atoms with E-state index in [9.17, 15) is 4.79 Å². The number of carbonyl (C=O) groups excluding carboxylic acids is 1. The molecule has 2 heterocycles. The van der Waals surface area contributed by atoms with E-state index in [0.717, 1.165) is 55.9 Å². The van der Waals surface area contributed by atoms with E-state index in [4.69, 9.17) is 9.47 Å². The van der Waals surface area contributed by atoms with E-state index in [1.807, 2.05) is 30.3 Å². The summed E-state index contributed by atoms with van der Waals surface area (Å²) in [5.74, 6) is 0.643. The van der Waals surface area contributed by atoms with Crippen molar-refractivity contribution in [3.05, 3.63) is 48.2 Å². The number of aromatic nitrogens is 1. The summed E-state index contributed by atoms with van der Waals surface area (Å²) in [5.41, 5.74) is 3.75. The van der Waals surface area contributed by atoms with Crippen LogP contribution in [0.15, 0.2) is 47.5 Å². The van der Waals surface area contributed by atoms with Gasteiger partial charge in [0.1, 0.15) is 5.75 Å². The van der Waals surface area contributed by atoms with Gasteiger partial charge in [0.05, 0.1) is 26.0 Å². The number of hydrogen-bond donors (Lipinski definition) is 3. The Morgan fingerprint density at radius 1 is 1.12 bits per heavy atom. The summed E-state index contributed by atoms with van der Waals surface area (Å²) in [7, 11) is 0.689. The van der Waals surface area contributed by atoms with Crippen molar-refractivity contribution in [2.45, 2.75) is 11.3 Å². The van der Waals surface area contributed by atoms with Crippen LogP contribution in [0, 0.1) is 0 Å². The van der Waals surface area contributed by atoms with Crippen LogP contribution >= 0.6 is 10.0 Å². The van der Waals surface area contributed by atoms with Gasteiger partial charge in [-0.3, -0.25) is 4.90 Å². The summed E-state index contributed by atoms with van der Waals surface area (Å²) in [6.07, 6.45) is 9.69. The highest BCUT2D eigenvalue weighted by atomic mass is 32.3. The van der Waals surface area contributed by atoms with Crippen LogP contribution in [-0.2, 0) is 11.2 Å². The quantitative estimate of drug-likeness (QED) is 0.466. The molecule has 3 N–H and O–H groups in total. The Morgan fingerprint density at radius 3 is 2.64 bits per heavy atom. The molecule has 7 nitrogen and oxygen atoms in total. The van der Waals surface area contributed by atoms with E-state index >= 15 is 0 Å². The van der Waals surface area contributed by atoms with E-state index in [1.165, 1.54) is 10.5 Å². The van der Waals surface area contributed by atoms with Crippen molar-refractivity contribution in [1.29, 1.82) is 0 Å². The predicted molar refractivity (Wildman–Crippen MR) is 139 cm³/mol. The first-order valence-electron chi connectivity index (χ1n) is 11.2. The fourth-order valence-electron chi connectivity index (χ4n) is 4.02. The first-order valence-corrected chi connectivity index (χ1v) is 14.0. The standard InChI is InChI=1S/C25H34N4O3S/c1-31-24-8-6-20(33(2,3)4)16-23(24)28-25(30)27-19-5-7-22-21(15-19)18(17-26-22)9-10-29-11-13-32-14-12-29/h5-8,15-17,26H,9-14H2,1-4H3,(H2,27,28,30). The van der Waals surface area contributed by atoms with Crippen molar-refractivity contribution < 1.29 is 14.3 Å². The number of H-pyrrole nitrogens is 1. The molecule has 178 valence electrons. The van der Waals surface area contributed by atoms with Gasteiger partial charge in [0.2, 0.25) is 0 Å². The van der Waals surface area contributed by atoms with Crippen molar-refractivity contribution in [1.82, 2.24) is 9.88 Å². The molecule has 0 bridgehead atoms. The largest absolute Gasteiger partial charge is 0.495 e. The maximum atomic E-state index is 12.8. The number of hydrogen-bond acceptors (Lipinski definition) is 4. The number of carbonyl (C=O) groups is 1. The number of morpholine rings is 1. The van der Waals surface area contributed by atoms with Crippen LogP contribution in [0.4, 0.5) is 16.2 Å². The number of benzene rings is 2. The van der Waals surface area contributed by atoms with Gasteiger partial charge in [0.15, 0.2) is 0 Å². The average molecular weight is 471 g/mol. The molecule has 1 aromatic heterocycles. The van der Waals surface area contributed by atoms with Crippen molar-refractivity contribution in [3.8, 4) is 5.75 Å². The van der Waals surface area contributed by atoms with Crippen LogP contribution < -0.4 is 15.4 Å². The van der Waals surface area contributed by atoms with Crippen LogP contribution in [0.2, 0.25) is 0 Å². The zero-order valence-electron chi connectivity index (χ0n) is 19.9. The highest BCUT2D eigenvalue weighted by molar-refractivity contribution is 8.32. The molecule has 1 aliphatic rings. The summed E-state index contributed by atoms with van der Waals surface area (Å²) in [6.45, 7) is 4.58. The maximum absolute atomic E-state index is 12.8. The van der Waals surface area contributed by atoms with E-state index in [2.05, 4.69) is 51.5 Å². The molecule has 8 heteroatoms. The first kappa shape index (κ1) is 23.5. The number of anilines is 2. The Labute approximate surface area is 197 Å². The average Bonchev–Trinajstić information content (AvgIpc) is 3.20. The van der Waals surface area contributed by atoms with Gasteiger partial charge < -0.3 is 25.1 Å². The Hall–Kier alpha value is -2.68. The van der Waals surface area contributed by atoms with Gasteiger partial charge in [-0.1, -0.05) is 0 Å². The second kappa shape index (κ2) is 10.1. The summed E-state index contributed by atoms with van der Waals surface area (Å²) in [6, 6.07) is 11.6. The molecule has 0 radical (unpaired) electrons. The summed E-state index contributed by atoms with van der Waals surface area (Å²) >= 11 is 0. The molecule has 1 saturated heterocycles. The monoisotopic (exact) mass is 470 g/mol. The third-order valence-corrected chi connectivity index (χ3v) is 7.62. The zero-order chi connectivity index (χ0) is 23.4. The molecule has 0 aliphatic carbocycles. The van der Waals surface area contributed by atoms with Gasteiger partial charge >= 0.3 is 6.03 Å². The number of nitrogens with zero attached hydrogens (tertiary/aromatic N) is 1. The molecular formula is C25H34N4O3S. The molecule has 0 unspecified atom stereocenters. The second-order valence-electron chi connectivity index (χ2n) is 9.06. The topological polar surface area (TPSA) is 78.6 Å². The van der Waals surface area contributed by atoms with Gasteiger partial charge in [-0.2, -0.15) is 0 Å². The molecule has 0 atom stereocenters. The Bertz CT molecular complexity index is 1120. The number of aromatic amines is 1. The van der Waals surface area contributed by atoms with Gasteiger partial charge in [-0.15, -0.1) is 0 Å². The van der Waals surface area contributed by atoms with Crippen molar-refractivity contribution in [3.63, 3.8) is 0 Å². The van der Waals surface area contributed by atoms with Gasteiger partial charge in [-0.05, 0) is 72.0 Å². The Balaban J connectivity index is 1.46. The smallest absolute Gasteiger partial charge is 0.323 e. The molecule has 0 saturated carbocycles. The molecule has 2 amide bonds. The van der Waals surface area contributed by atoms with E-state index in [1.54, 1.807) is 7.11 Å². The number of ether oxygens (including phenoxy) is 2. The van der Waals surface area contributed by atoms with Crippen LogP contribution in [0.5, 0.6) is 5.75 Å². The van der Waals surface area contributed by atoms with Crippen molar-refractivity contribution in [2.24, 2.45) is 0 Å². The lowest BCUT2D eigenvalue weighted by atomic mass is 10.1. The minimum Gasteiger partial charge on any atom is -0.495 e. The highest BCUT2D eigenvalue weighted by Crippen LogP contribution is 2.47. The minimum atomic E-state index is -0.923.